The van der Waals surface area contributed by atoms with Crippen LogP contribution in [0.5, 0.6) is 0 Å². The van der Waals surface area contributed by atoms with E-state index in [0.29, 0.717) is 24.3 Å². The number of benzene rings is 2. The number of nitrogens with zero attached hydrogens (tertiary/aromatic N) is 1. The van der Waals surface area contributed by atoms with Gasteiger partial charge in [0.1, 0.15) is 11.9 Å². The number of carbonyl (C=O) groups is 3. The Balaban J connectivity index is 1.65. The lowest BCUT2D eigenvalue weighted by Crippen LogP contribution is -2.53. The molecule has 30 heavy (non-hydrogen) atoms. The van der Waals surface area contributed by atoms with Gasteiger partial charge in [0.15, 0.2) is 0 Å². The van der Waals surface area contributed by atoms with E-state index in [1.165, 1.54) is 16.7 Å². The van der Waals surface area contributed by atoms with Gasteiger partial charge < -0.3 is 20.4 Å². The van der Waals surface area contributed by atoms with Gasteiger partial charge in [0, 0.05) is 5.75 Å². The van der Waals surface area contributed by atoms with Crippen molar-refractivity contribution in [2.75, 3.05) is 18.8 Å². The van der Waals surface area contributed by atoms with E-state index < -0.39 is 23.9 Å². The van der Waals surface area contributed by atoms with Crippen LogP contribution in [0.25, 0.3) is 0 Å². The highest BCUT2D eigenvalue weighted by atomic mass is 32.2. The number of carboxylic acids is 2. The van der Waals surface area contributed by atoms with Crippen LogP contribution in [0.3, 0.4) is 0 Å². The SMILES string of the molecule is O=C(O)CN1C(=O)C(NCCC(C(=O)O)c2ccccc2)CSC1c1ccccc1. The predicted molar refractivity (Wildman–Crippen MR) is 114 cm³/mol. The number of rotatable bonds is 9. The summed E-state index contributed by atoms with van der Waals surface area (Å²) in [5, 5.41) is 21.6. The second-order valence-corrected chi connectivity index (χ2v) is 8.17. The molecule has 0 bridgehead atoms. The first-order chi connectivity index (χ1) is 14.5. The molecule has 1 aliphatic rings. The monoisotopic (exact) mass is 428 g/mol. The third-order valence-corrected chi connectivity index (χ3v) is 6.37. The molecular formula is C22H24N2O5S. The molecule has 0 saturated carbocycles. The fourth-order valence-corrected chi connectivity index (χ4v) is 4.87. The van der Waals surface area contributed by atoms with Crippen molar-refractivity contribution in [3.63, 3.8) is 0 Å². The van der Waals surface area contributed by atoms with E-state index in [-0.39, 0.29) is 17.8 Å². The van der Waals surface area contributed by atoms with Gasteiger partial charge in [-0.1, -0.05) is 60.7 Å². The maximum atomic E-state index is 13.0. The molecule has 1 heterocycles. The van der Waals surface area contributed by atoms with Crippen molar-refractivity contribution in [1.82, 2.24) is 10.2 Å². The molecule has 3 atom stereocenters. The van der Waals surface area contributed by atoms with E-state index in [4.69, 9.17) is 0 Å². The fraction of sp³-hybridized carbons (Fsp3) is 0.318. The highest BCUT2D eigenvalue weighted by Gasteiger charge is 2.37. The molecule has 1 fully saturated rings. The number of nitrogens with one attached hydrogen (secondary N) is 1. The number of aliphatic carboxylic acids is 2. The maximum Gasteiger partial charge on any atom is 0.323 e. The second kappa shape index (κ2) is 10.3. The van der Waals surface area contributed by atoms with Gasteiger partial charge in [0.2, 0.25) is 5.91 Å². The Labute approximate surface area is 179 Å². The van der Waals surface area contributed by atoms with Crippen molar-refractivity contribution in [2.24, 2.45) is 0 Å². The molecule has 0 spiro atoms. The number of hydrogen-bond donors (Lipinski definition) is 3. The molecular weight excluding hydrogens is 404 g/mol. The molecule has 158 valence electrons. The Bertz CT molecular complexity index is 878. The number of hydrogen-bond acceptors (Lipinski definition) is 5. The molecule has 3 rings (SSSR count). The summed E-state index contributed by atoms with van der Waals surface area (Å²) in [5.41, 5.74) is 1.60. The van der Waals surface area contributed by atoms with E-state index in [9.17, 15) is 24.6 Å². The molecule has 2 aromatic rings. The zero-order valence-electron chi connectivity index (χ0n) is 16.3. The van der Waals surface area contributed by atoms with Crippen LogP contribution in [0.1, 0.15) is 28.8 Å². The Morgan fingerprint density at radius 2 is 1.70 bits per heavy atom. The van der Waals surface area contributed by atoms with Crippen LogP contribution >= 0.6 is 11.8 Å². The van der Waals surface area contributed by atoms with Crippen LogP contribution < -0.4 is 5.32 Å². The first-order valence-corrected chi connectivity index (χ1v) is 10.7. The van der Waals surface area contributed by atoms with Crippen molar-refractivity contribution in [1.29, 1.82) is 0 Å². The van der Waals surface area contributed by atoms with Crippen LogP contribution in [0.15, 0.2) is 60.7 Å². The van der Waals surface area contributed by atoms with Gasteiger partial charge in [-0.3, -0.25) is 14.4 Å². The van der Waals surface area contributed by atoms with Gasteiger partial charge >= 0.3 is 11.9 Å². The average Bonchev–Trinajstić information content (AvgIpc) is 2.74. The Hall–Kier alpha value is -2.84. The minimum absolute atomic E-state index is 0.281. The van der Waals surface area contributed by atoms with E-state index >= 15 is 0 Å². The molecule has 3 unspecified atom stereocenters. The van der Waals surface area contributed by atoms with Gasteiger partial charge in [-0.25, -0.2) is 0 Å². The third kappa shape index (κ3) is 5.40. The summed E-state index contributed by atoms with van der Waals surface area (Å²) < 4.78 is 0. The van der Waals surface area contributed by atoms with Gasteiger partial charge in [-0.2, -0.15) is 0 Å². The minimum Gasteiger partial charge on any atom is -0.481 e. The molecule has 3 N–H and O–H groups in total. The van der Waals surface area contributed by atoms with E-state index in [1.807, 2.05) is 36.4 Å². The highest BCUT2D eigenvalue weighted by molar-refractivity contribution is 7.99. The Kier molecular flexibility index (Phi) is 7.48. The second-order valence-electron chi connectivity index (χ2n) is 7.05. The van der Waals surface area contributed by atoms with Crippen molar-refractivity contribution in [3.8, 4) is 0 Å². The Morgan fingerprint density at radius 1 is 1.07 bits per heavy atom. The molecule has 8 heteroatoms. The molecule has 1 amide bonds. The van der Waals surface area contributed by atoms with E-state index in [0.717, 1.165) is 5.56 Å². The average molecular weight is 429 g/mol. The molecule has 0 aliphatic carbocycles. The fourth-order valence-electron chi connectivity index (χ4n) is 3.53. The molecule has 7 nitrogen and oxygen atoms in total. The van der Waals surface area contributed by atoms with Crippen LogP contribution in [0.4, 0.5) is 0 Å². The number of amides is 1. The van der Waals surface area contributed by atoms with Gasteiger partial charge in [0.05, 0.1) is 12.0 Å². The normalized spacial score (nSPS) is 20.0. The summed E-state index contributed by atoms with van der Waals surface area (Å²) in [6.45, 7) is -0.0505. The van der Waals surface area contributed by atoms with Crippen LogP contribution in [-0.4, -0.2) is 57.8 Å². The van der Waals surface area contributed by atoms with Crippen LogP contribution in [-0.2, 0) is 14.4 Å². The summed E-state index contributed by atoms with van der Waals surface area (Å²) in [7, 11) is 0. The molecule has 2 aromatic carbocycles. The van der Waals surface area contributed by atoms with Crippen molar-refractivity contribution >= 4 is 29.6 Å². The number of carbonyl (C=O) groups excluding carboxylic acids is 1. The number of thioether (sulfide) groups is 1. The third-order valence-electron chi connectivity index (χ3n) is 5.00. The van der Waals surface area contributed by atoms with Crippen LogP contribution in [0.2, 0.25) is 0 Å². The molecule has 1 aliphatic heterocycles. The van der Waals surface area contributed by atoms with Gasteiger partial charge in [0.25, 0.3) is 0 Å². The van der Waals surface area contributed by atoms with E-state index in [1.54, 1.807) is 24.3 Å². The smallest absolute Gasteiger partial charge is 0.323 e. The zero-order valence-corrected chi connectivity index (χ0v) is 17.1. The van der Waals surface area contributed by atoms with Crippen molar-refractivity contribution < 1.29 is 24.6 Å². The van der Waals surface area contributed by atoms with Gasteiger partial charge in [-0.05, 0) is 24.1 Å². The number of carboxylic acid groups (broad SMARTS) is 2. The van der Waals surface area contributed by atoms with Gasteiger partial charge in [-0.15, -0.1) is 11.8 Å². The lowest BCUT2D eigenvalue weighted by Gasteiger charge is -2.38. The maximum absolute atomic E-state index is 13.0. The largest absolute Gasteiger partial charge is 0.481 e. The Morgan fingerprint density at radius 3 is 2.30 bits per heavy atom. The van der Waals surface area contributed by atoms with Crippen LogP contribution in [0, 0.1) is 0 Å². The van der Waals surface area contributed by atoms with Crippen molar-refractivity contribution in [2.45, 2.75) is 23.8 Å². The summed E-state index contributed by atoms with van der Waals surface area (Å²) in [6, 6.07) is 17.8. The summed E-state index contributed by atoms with van der Waals surface area (Å²) in [5.74, 6) is -2.45. The summed E-state index contributed by atoms with van der Waals surface area (Å²) in [4.78, 5) is 37.4. The predicted octanol–water partition coefficient (Wildman–Crippen LogP) is 2.56. The van der Waals surface area contributed by atoms with E-state index in [2.05, 4.69) is 5.32 Å². The molecule has 0 radical (unpaired) electrons. The zero-order chi connectivity index (χ0) is 21.5. The molecule has 1 saturated heterocycles. The minimum atomic E-state index is -1.07. The summed E-state index contributed by atoms with van der Waals surface area (Å²) >= 11 is 1.50. The lowest BCUT2D eigenvalue weighted by atomic mass is 9.96. The molecule has 0 aromatic heterocycles. The van der Waals surface area contributed by atoms with Crippen molar-refractivity contribution in [3.05, 3.63) is 71.8 Å². The first kappa shape index (κ1) is 21.9. The summed E-state index contributed by atoms with van der Waals surface area (Å²) in [6.07, 6.45) is 0.328. The lowest BCUT2D eigenvalue weighted by molar-refractivity contribution is -0.146. The standard InChI is InChI=1S/C22H24N2O5S/c25-19(26)13-24-20(27)18(14-30-21(24)16-9-5-2-6-10-16)23-12-11-17(22(28)29)15-7-3-1-4-8-15/h1-10,17-18,21,23H,11-14H2,(H,25,26)(H,28,29). The topological polar surface area (TPSA) is 107 Å². The first-order valence-electron chi connectivity index (χ1n) is 9.67. The quantitative estimate of drug-likeness (QED) is 0.563. The highest BCUT2D eigenvalue weighted by Crippen LogP contribution is 2.37.